The molecule has 1 aromatic rings. The Morgan fingerprint density at radius 1 is 1.17 bits per heavy atom. The number of amides is 3. The maximum atomic E-state index is 12.3. The zero-order valence-electron chi connectivity index (χ0n) is 13.7. The molecule has 0 atom stereocenters. The molecule has 0 spiro atoms. The van der Waals surface area contributed by atoms with Gasteiger partial charge in [0.05, 0.1) is 0 Å². The quantitative estimate of drug-likeness (QED) is 0.879. The van der Waals surface area contributed by atoms with Crippen LogP contribution in [0.15, 0.2) is 24.3 Å². The fraction of sp³-hybridized carbons (Fsp3) is 0.500. The number of primary amides is 1. The third-order valence-corrected chi connectivity index (χ3v) is 4.96. The lowest BCUT2D eigenvalue weighted by atomic mass is 9.96. The number of piperidine rings is 1. The predicted octanol–water partition coefficient (Wildman–Crippen LogP) is 1.15. The first-order valence-electron chi connectivity index (χ1n) is 8.50. The first-order valence-corrected chi connectivity index (χ1v) is 8.50. The van der Waals surface area contributed by atoms with Crippen molar-refractivity contribution in [3.8, 4) is 0 Å². The number of rotatable bonds is 5. The molecule has 2 N–H and O–H groups in total. The molecular weight excluding hydrogens is 306 g/mol. The van der Waals surface area contributed by atoms with E-state index in [1.165, 1.54) is 0 Å². The van der Waals surface area contributed by atoms with Crippen LogP contribution in [-0.4, -0.2) is 47.2 Å². The van der Waals surface area contributed by atoms with Crippen molar-refractivity contribution in [3.63, 3.8) is 0 Å². The Bertz CT molecular complexity index is 651. The van der Waals surface area contributed by atoms with Gasteiger partial charge < -0.3 is 15.5 Å². The van der Waals surface area contributed by atoms with Crippen LogP contribution in [0.25, 0.3) is 0 Å². The van der Waals surface area contributed by atoms with Crippen LogP contribution in [0.2, 0.25) is 0 Å². The van der Waals surface area contributed by atoms with Crippen molar-refractivity contribution in [2.45, 2.75) is 32.2 Å². The van der Waals surface area contributed by atoms with E-state index in [1.807, 2.05) is 24.3 Å². The minimum atomic E-state index is -0.269. The van der Waals surface area contributed by atoms with Crippen LogP contribution in [0.1, 0.15) is 41.6 Å². The summed E-state index contributed by atoms with van der Waals surface area (Å²) < 4.78 is 0. The summed E-state index contributed by atoms with van der Waals surface area (Å²) >= 11 is 0. The highest BCUT2D eigenvalue weighted by Gasteiger charge is 2.28. The Kier molecular flexibility index (Phi) is 4.83. The summed E-state index contributed by atoms with van der Waals surface area (Å²) in [6.45, 7) is 2.42. The van der Waals surface area contributed by atoms with Crippen molar-refractivity contribution in [1.82, 2.24) is 9.80 Å². The van der Waals surface area contributed by atoms with Crippen molar-refractivity contribution in [2.24, 2.45) is 11.7 Å². The molecule has 3 rings (SSSR count). The van der Waals surface area contributed by atoms with Crippen LogP contribution >= 0.6 is 0 Å². The zero-order chi connectivity index (χ0) is 17.1. The van der Waals surface area contributed by atoms with Gasteiger partial charge in [0.15, 0.2) is 0 Å². The SMILES string of the molecule is NC(=O)C1CCN(C(=O)CCCN2Cc3ccccc3C2=O)CC1. The van der Waals surface area contributed by atoms with Gasteiger partial charge in [-0.2, -0.15) is 0 Å². The fourth-order valence-corrected chi connectivity index (χ4v) is 3.49. The van der Waals surface area contributed by atoms with Gasteiger partial charge in [-0.3, -0.25) is 14.4 Å². The molecule has 1 fully saturated rings. The van der Waals surface area contributed by atoms with Crippen LogP contribution in [0.3, 0.4) is 0 Å². The average molecular weight is 329 g/mol. The van der Waals surface area contributed by atoms with Crippen molar-refractivity contribution >= 4 is 17.7 Å². The maximum absolute atomic E-state index is 12.3. The Balaban J connectivity index is 1.42. The lowest BCUT2D eigenvalue weighted by Crippen LogP contribution is -2.41. The van der Waals surface area contributed by atoms with Gasteiger partial charge in [0.1, 0.15) is 0 Å². The van der Waals surface area contributed by atoms with Gasteiger partial charge in [0.25, 0.3) is 5.91 Å². The molecule has 24 heavy (non-hydrogen) atoms. The summed E-state index contributed by atoms with van der Waals surface area (Å²) in [7, 11) is 0. The second kappa shape index (κ2) is 7.03. The summed E-state index contributed by atoms with van der Waals surface area (Å²) in [6, 6.07) is 7.64. The lowest BCUT2D eigenvalue weighted by molar-refractivity contribution is -0.135. The number of hydrogen-bond donors (Lipinski definition) is 1. The number of nitrogens with two attached hydrogens (primary N) is 1. The molecule has 0 radical (unpaired) electrons. The van der Waals surface area contributed by atoms with Crippen molar-refractivity contribution in [3.05, 3.63) is 35.4 Å². The number of carbonyl (C=O) groups excluding carboxylic acids is 3. The summed E-state index contributed by atoms with van der Waals surface area (Å²) in [5.74, 6) is -0.216. The number of benzene rings is 1. The van der Waals surface area contributed by atoms with Crippen molar-refractivity contribution in [1.29, 1.82) is 0 Å². The Morgan fingerprint density at radius 2 is 1.88 bits per heavy atom. The van der Waals surface area contributed by atoms with Gasteiger partial charge in [-0.1, -0.05) is 18.2 Å². The standard InChI is InChI=1S/C18H23N3O3/c19-17(23)13-7-10-20(11-8-13)16(22)6-3-9-21-12-14-4-1-2-5-15(14)18(21)24/h1-2,4-5,13H,3,6-12H2,(H2,19,23). The van der Waals surface area contributed by atoms with E-state index in [1.54, 1.807) is 9.80 Å². The van der Waals surface area contributed by atoms with Crippen LogP contribution < -0.4 is 5.73 Å². The van der Waals surface area contributed by atoms with E-state index >= 15 is 0 Å². The van der Waals surface area contributed by atoms with E-state index in [-0.39, 0.29) is 23.6 Å². The van der Waals surface area contributed by atoms with Gasteiger partial charge in [-0.15, -0.1) is 0 Å². The topological polar surface area (TPSA) is 83.7 Å². The molecule has 2 aliphatic heterocycles. The molecule has 128 valence electrons. The van der Waals surface area contributed by atoms with Gasteiger partial charge in [0.2, 0.25) is 11.8 Å². The third kappa shape index (κ3) is 3.42. The summed E-state index contributed by atoms with van der Waals surface area (Å²) in [6.07, 6.45) is 2.40. The van der Waals surface area contributed by atoms with Gasteiger partial charge in [0, 0.05) is 44.1 Å². The highest BCUT2D eigenvalue weighted by molar-refractivity contribution is 5.98. The number of fused-ring (bicyclic) bond motifs is 1. The van der Waals surface area contributed by atoms with Gasteiger partial charge >= 0.3 is 0 Å². The van der Waals surface area contributed by atoms with Crippen LogP contribution in [0, 0.1) is 5.92 Å². The highest BCUT2D eigenvalue weighted by Crippen LogP contribution is 2.23. The van der Waals surface area contributed by atoms with Crippen molar-refractivity contribution in [2.75, 3.05) is 19.6 Å². The van der Waals surface area contributed by atoms with Crippen molar-refractivity contribution < 1.29 is 14.4 Å². The molecule has 2 aliphatic rings. The molecule has 6 nitrogen and oxygen atoms in total. The fourth-order valence-electron chi connectivity index (χ4n) is 3.49. The molecule has 0 aromatic heterocycles. The summed E-state index contributed by atoms with van der Waals surface area (Å²) in [5, 5.41) is 0. The lowest BCUT2D eigenvalue weighted by Gasteiger charge is -2.30. The van der Waals surface area contributed by atoms with E-state index in [2.05, 4.69) is 0 Å². The Hall–Kier alpha value is -2.37. The molecule has 1 saturated heterocycles. The van der Waals surface area contributed by atoms with Gasteiger partial charge in [-0.05, 0) is 30.9 Å². The van der Waals surface area contributed by atoms with Crippen LogP contribution in [0.4, 0.5) is 0 Å². The van der Waals surface area contributed by atoms with E-state index < -0.39 is 0 Å². The predicted molar refractivity (Wildman–Crippen MR) is 88.9 cm³/mol. The first-order chi connectivity index (χ1) is 11.6. The normalized spacial score (nSPS) is 17.9. The average Bonchev–Trinajstić information content (AvgIpc) is 2.91. The molecule has 0 aliphatic carbocycles. The highest BCUT2D eigenvalue weighted by atomic mass is 16.2. The monoisotopic (exact) mass is 329 g/mol. The number of carbonyl (C=O) groups is 3. The van der Waals surface area contributed by atoms with E-state index in [4.69, 9.17) is 5.73 Å². The number of likely N-dealkylation sites (tertiary alicyclic amines) is 1. The third-order valence-electron chi connectivity index (χ3n) is 4.96. The molecule has 0 saturated carbocycles. The van der Waals surface area contributed by atoms with E-state index in [9.17, 15) is 14.4 Å². The van der Waals surface area contributed by atoms with Crippen LogP contribution in [-0.2, 0) is 16.1 Å². The summed E-state index contributed by atoms with van der Waals surface area (Å²) in [4.78, 5) is 39.3. The van der Waals surface area contributed by atoms with E-state index in [0.29, 0.717) is 51.9 Å². The van der Waals surface area contributed by atoms with E-state index in [0.717, 1.165) is 11.1 Å². The van der Waals surface area contributed by atoms with Crippen LogP contribution in [0.5, 0.6) is 0 Å². The second-order valence-corrected chi connectivity index (χ2v) is 6.54. The number of nitrogens with zero attached hydrogens (tertiary/aromatic N) is 2. The Labute approximate surface area is 141 Å². The molecule has 6 heteroatoms. The smallest absolute Gasteiger partial charge is 0.254 e. The molecule has 2 heterocycles. The second-order valence-electron chi connectivity index (χ2n) is 6.54. The summed E-state index contributed by atoms with van der Waals surface area (Å²) in [5.41, 5.74) is 7.14. The number of hydrogen-bond acceptors (Lipinski definition) is 3. The zero-order valence-corrected chi connectivity index (χ0v) is 13.7. The first kappa shape index (κ1) is 16.5. The minimum absolute atomic E-state index is 0.0559. The molecule has 1 aromatic carbocycles. The molecule has 3 amide bonds. The van der Waals surface area contributed by atoms with Gasteiger partial charge in [-0.25, -0.2) is 0 Å². The molecule has 0 bridgehead atoms. The maximum Gasteiger partial charge on any atom is 0.254 e. The molecule has 0 unspecified atom stereocenters. The molecular formula is C18H23N3O3. The minimum Gasteiger partial charge on any atom is -0.369 e. The largest absolute Gasteiger partial charge is 0.369 e. The Morgan fingerprint density at radius 3 is 2.54 bits per heavy atom.